The summed E-state index contributed by atoms with van der Waals surface area (Å²) in [5, 5.41) is 3.29. The molecule has 0 saturated heterocycles. The van der Waals surface area contributed by atoms with Crippen LogP contribution in [0.3, 0.4) is 0 Å². The molecular formula is C17H19N3O2. The predicted molar refractivity (Wildman–Crippen MR) is 85.1 cm³/mol. The largest absolute Gasteiger partial charge is 0.496 e. The molecule has 1 aliphatic carbocycles. The molecule has 22 heavy (non-hydrogen) atoms. The van der Waals surface area contributed by atoms with E-state index in [4.69, 9.17) is 10.5 Å². The van der Waals surface area contributed by atoms with Crippen molar-refractivity contribution in [2.45, 2.75) is 25.3 Å². The van der Waals surface area contributed by atoms with Gasteiger partial charge in [-0.05, 0) is 42.5 Å². The molecule has 2 aromatic rings. The summed E-state index contributed by atoms with van der Waals surface area (Å²) < 4.78 is 5.42. The number of amides is 1. The van der Waals surface area contributed by atoms with Crippen molar-refractivity contribution in [2.24, 2.45) is 5.73 Å². The predicted octanol–water partition coefficient (Wildman–Crippen LogP) is 2.68. The van der Waals surface area contributed by atoms with Crippen LogP contribution >= 0.6 is 0 Å². The molecule has 1 saturated carbocycles. The van der Waals surface area contributed by atoms with Gasteiger partial charge in [-0.1, -0.05) is 12.1 Å². The van der Waals surface area contributed by atoms with Crippen molar-refractivity contribution in [2.75, 3.05) is 12.4 Å². The van der Waals surface area contributed by atoms with Gasteiger partial charge in [-0.15, -0.1) is 0 Å². The number of nitrogens with one attached hydrogen (secondary N) is 1. The number of hydrogen-bond donors (Lipinski definition) is 2. The van der Waals surface area contributed by atoms with E-state index in [2.05, 4.69) is 22.4 Å². The second kappa shape index (κ2) is 6.05. The molecular weight excluding hydrogens is 278 g/mol. The summed E-state index contributed by atoms with van der Waals surface area (Å²) in [6.45, 7) is 0.617. The van der Waals surface area contributed by atoms with Crippen LogP contribution < -0.4 is 15.8 Å². The molecule has 0 aliphatic heterocycles. The average molecular weight is 297 g/mol. The van der Waals surface area contributed by atoms with Gasteiger partial charge in [0.1, 0.15) is 11.4 Å². The fraction of sp³-hybridized carbons (Fsp3) is 0.294. The molecule has 1 heterocycles. The SMILES string of the molecule is COc1ccc(C2CC2)cc1CNc1ccnc(C(N)=O)c1. The molecule has 3 N–H and O–H groups in total. The van der Waals surface area contributed by atoms with E-state index >= 15 is 0 Å². The van der Waals surface area contributed by atoms with Crippen molar-refractivity contribution >= 4 is 11.6 Å². The van der Waals surface area contributed by atoms with E-state index in [9.17, 15) is 4.79 Å². The van der Waals surface area contributed by atoms with Gasteiger partial charge >= 0.3 is 0 Å². The van der Waals surface area contributed by atoms with Crippen molar-refractivity contribution in [1.82, 2.24) is 4.98 Å². The Labute approximate surface area is 129 Å². The third-order valence-corrected chi connectivity index (χ3v) is 3.85. The lowest BCUT2D eigenvalue weighted by Gasteiger charge is -2.12. The van der Waals surface area contributed by atoms with Crippen LogP contribution in [0.4, 0.5) is 5.69 Å². The van der Waals surface area contributed by atoms with E-state index < -0.39 is 5.91 Å². The first kappa shape index (κ1) is 14.4. The maximum Gasteiger partial charge on any atom is 0.267 e. The van der Waals surface area contributed by atoms with E-state index in [1.54, 1.807) is 19.4 Å². The van der Waals surface area contributed by atoms with Crippen LogP contribution in [0.5, 0.6) is 5.75 Å². The Morgan fingerprint density at radius 2 is 2.18 bits per heavy atom. The molecule has 1 fully saturated rings. The highest BCUT2D eigenvalue weighted by atomic mass is 16.5. The summed E-state index contributed by atoms with van der Waals surface area (Å²) in [4.78, 5) is 15.1. The van der Waals surface area contributed by atoms with E-state index in [0.29, 0.717) is 12.5 Å². The number of aromatic nitrogens is 1. The zero-order valence-corrected chi connectivity index (χ0v) is 12.5. The van der Waals surface area contributed by atoms with Crippen LogP contribution in [0.1, 0.15) is 40.4 Å². The van der Waals surface area contributed by atoms with Crippen LogP contribution in [0.25, 0.3) is 0 Å². The smallest absolute Gasteiger partial charge is 0.267 e. The molecule has 1 aliphatic rings. The zero-order valence-electron chi connectivity index (χ0n) is 12.5. The number of hydrogen-bond acceptors (Lipinski definition) is 4. The lowest BCUT2D eigenvalue weighted by atomic mass is 10.1. The molecule has 0 radical (unpaired) electrons. The van der Waals surface area contributed by atoms with Gasteiger partial charge in [0.15, 0.2) is 0 Å². The lowest BCUT2D eigenvalue weighted by molar-refractivity contribution is 0.0995. The van der Waals surface area contributed by atoms with E-state index in [0.717, 1.165) is 17.0 Å². The normalized spacial score (nSPS) is 13.7. The van der Waals surface area contributed by atoms with Crippen molar-refractivity contribution in [1.29, 1.82) is 0 Å². The fourth-order valence-electron chi connectivity index (χ4n) is 2.48. The molecule has 114 valence electrons. The summed E-state index contributed by atoms with van der Waals surface area (Å²) in [7, 11) is 1.67. The number of rotatable bonds is 6. The van der Waals surface area contributed by atoms with Crippen molar-refractivity contribution in [3.8, 4) is 5.75 Å². The summed E-state index contributed by atoms with van der Waals surface area (Å²) in [6.07, 6.45) is 4.11. The van der Waals surface area contributed by atoms with Crippen LogP contribution in [0, 0.1) is 0 Å². The van der Waals surface area contributed by atoms with Crippen molar-refractivity contribution in [3.63, 3.8) is 0 Å². The third kappa shape index (κ3) is 3.19. The van der Waals surface area contributed by atoms with Crippen LogP contribution in [0.15, 0.2) is 36.5 Å². The molecule has 1 amide bonds. The van der Waals surface area contributed by atoms with Gasteiger partial charge in [-0.3, -0.25) is 9.78 Å². The number of anilines is 1. The Morgan fingerprint density at radius 1 is 1.36 bits per heavy atom. The molecule has 5 heteroatoms. The Balaban J connectivity index is 1.76. The number of carbonyl (C=O) groups excluding carboxylic acids is 1. The van der Waals surface area contributed by atoms with Gasteiger partial charge < -0.3 is 15.8 Å². The van der Waals surface area contributed by atoms with Gasteiger partial charge in [-0.25, -0.2) is 0 Å². The minimum Gasteiger partial charge on any atom is -0.496 e. The minimum atomic E-state index is -0.531. The second-order valence-electron chi connectivity index (χ2n) is 5.49. The molecule has 1 aromatic heterocycles. The van der Waals surface area contributed by atoms with E-state index in [1.807, 2.05) is 12.1 Å². The summed E-state index contributed by atoms with van der Waals surface area (Å²) in [6, 6.07) is 9.81. The number of nitrogens with two attached hydrogens (primary N) is 1. The summed E-state index contributed by atoms with van der Waals surface area (Å²) in [5.74, 6) is 1.03. The Bertz CT molecular complexity index is 696. The first-order valence-corrected chi connectivity index (χ1v) is 7.34. The number of methoxy groups -OCH3 is 1. The first-order valence-electron chi connectivity index (χ1n) is 7.34. The molecule has 0 atom stereocenters. The van der Waals surface area contributed by atoms with Gasteiger partial charge in [-0.2, -0.15) is 0 Å². The number of ether oxygens (including phenoxy) is 1. The standard InChI is InChI=1S/C17H19N3O2/c1-22-16-5-4-12(11-2-3-11)8-13(16)10-20-14-6-7-19-15(9-14)17(18)21/h4-9,11H,2-3,10H2,1H3,(H2,18,21)(H,19,20). The Hall–Kier alpha value is -2.56. The summed E-state index contributed by atoms with van der Waals surface area (Å²) in [5.41, 5.74) is 8.78. The van der Waals surface area contributed by atoms with Crippen LogP contribution in [-0.2, 0) is 6.54 Å². The maximum atomic E-state index is 11.2. The Kier molecular flexibility index (Phi) is 3.96. The monoisotopic (exact) mass is 297 g/mol. The van der Waals surface area contributed by atoms with Crippen molar-refractivity contribution in [3.05, 3.63) is 53.3 Å². The lowest BCUT2D eigenvalue weighted by Crippen LogP contribution is -2.13. The van der Waals surface area contributed by atoms with Gasteiger partial charge in [0.25, 0.3) is 5.91 Å². The van der Waals surface area contributed by atoms with Crippen molar-refractivity contribution < 1.29 is 9.53 Å². The fourth-order valence-corrected chi connectivity index (χ4v) is 2.48. The molecule has 0 bridgehead atoms. The number of benzene rings is 1. The topological polar surface area (TPSA) is 77.2 Å². The molecule has 0 unspecified atom stereocenters. The number of carbonyl (C=O) groups is 1. The Morgan fingerprint density at radius 3 is 2.86 bits per heavy atom. The minimum absolute atomic E-state index is 0.253. The first-order chi connectivity index (χ1) is 10.7. The van der Waals surface area contributed by atoms with Crippen LogP contribution in [0.2, 0.25) is 0 Å². The van der Waals surface area contributed by atoms with Gasteiger partial charge in [0.05, 0.1) is 7.11 Å². The van der Waals surface area contributed by atoms with E-state index in [-0.39, 0.29) is 5.69 Å². The maximum absolute atomic E-state index is 11.2. The second-order valence-corrected chi connectivity index (χ2v) is 5.49. The summed E-state index contributed by atoms with van der Waals surface area (Å²) >= 11 is 0. The highest BCUT2D eigenvalue weighted by Gasteiger charge is 2.24. The highest BCUT2D eigenvalue weighted by molar-refractivity contribution is 5.91. The zero-order chi connectivity index (χ0) is 15.5. The number of primary amides is 1. The number of pyridine rings is 1. The van der Waals surface area contributed by atoms with Crippen LogP contribution in [-0.4, -0.2) is 18.0 Å². The third-order valence-electron chi connectivity index (χ3n) is 3.85. The molecule has 1 aromatic carbocycles. The van der Waals surface area contributed by atoms with Gasteiger partial charge in [0.2, 0.25) is 0 Å². The van der Waals surface area contributed by atoms with Gasteiger partial charge in [0, 0.05) is 24.0 Å². The van der Waals surface area contributed by atoms with E-state index in [1.165, 1.54) is 18.4 Å². The highest BCUT2D eigenvalue weighted by Crippen LogP contribution is 2.41. The number of nitrogens with zero attached hydrogens (tertiary/aromatic N) is 1. The molecule has 0 spiro atoms. The quantitative estimate of drug-likeness (QED) is 0.859. The molecule has 3 rings (SSSR count). The average Bonchev–Trinajstić information content (AvgIpc) is 3.37. The molecule has 5 nitrogen and oxygen atoms in total.